The van der Waals surface area contributed by atoms with Gasteiger partial charge in [0, 0.05) is 18.2 Å². The van der Waals surface area contributed by atoms with Crippen molar-refractivity contribution in [3.63, 3.8) is 0 Å². The third-order valence-electron chi connectivity index (χ3n) is 1.68. The summed E-state index contributed by atoms with van der Waals surface area (Å²) in [4.78, 5) is 10.8. The maximum absolute atomic E-state index is 10.8. The molecule has 0 saturated heterocycles. The molecule has 2 N–H and O–H groups in total. The Morgan fingerprint density at radius 1 is 1.47 bits per heavy atom. The van der Waals surface area contributed by atoms with E-state index in [2.05, 4.69) is 22.5 Å². The first kappa shape index (κ1) is 11.3. The lowest BCUT2D eigenvalue weighted by Crippen LogP contribution is -2.05. The molecule has 15 heavy (non-hydrogen) atoms. The highest BCUT2D eigenvalue weighted by atomic mass is 16.1. The minimum atomic E-state index is -0.0738. The van der Waals surface area contributed by atoms with Crippen molar-refractivity contribution in [1.29, 1.82) is 0 Å². The van der Waals surface area contributed by atoms with Crippen LogP contribution in [0.3, 0.4) is 0 Å². The average molecular weight is 202 g/mol. The standard InChI is InChI=1S/C12H14N2O/c1-10(15)14-12-7-3-5-11(9-12)6-4-8-13-2/h3,5,7,9,13H,8H2,1-2H3,(H,14,15). The van der Waals surface area contributed by atoms with Gasteiger partial charge in [0.15, 0.2) is 0 Å². The second kappa shape index (κ2) is 5.84. The summed E-state index contributed by atoms with van der Waals surface area (Å²) in [6.45, 7) is 2.14. The second-order valence-corrected chi connectivity index (χ2v) is 3.09. The fraction of sp³-hybridized carbons (Fsp3) is 0.250. The summed E-state index contributed by atoms with van der Waals surface area (Å²) in [6.07, 6.45) is 0. The largest absolute Gasteiger partial charge is 0.326 e. The van der Waals surface area contributed by atoms with Gasteiger partial charge in [0.05, 0.1) is 6.54 Å². The number of hydrogen-bond acceptors (Lipinski definition) is 2. The molecular formula is C12H14N2O. The van der Waals surface area contributed by atoms with Crippen molar-refractivity contribution in [3.05, 3.63) is 29.8 Å². The lowest BCUT2D eigenvalue weighted by atomic mass is 10.2. The number of benzene rings is 1. The molecule has 0 saturated carbocycles. The van der Waals surface area contributed by atoms with E-state index in [0.29, 0.717) is 6.54 Å². The maximum Gasteiger partial charge on any atom is 0.221 e. The van der Waals surface area contributed by atoms with E-state index in [1.54, 1.807) is 0 Å². The van der Waals surface area contributed by atoms with Crippen molar-refractivity contribution in [2.24, 2.45) is 0 Å². The van der Waals surface area contributed by atoms with Gasteiger partial charge in [0.1, 0.15) is 0 Å². The molecule has 1 rings (SSSR count). The Bertz CT molecular complexity index is 402. The topological polar surface area (TPSA) is 41.1 Å². The Morgan fingerprint density at radius 3 is 2.93 bits per heavy atom. The van der Waals surface area contributed by atoms with Gasteiger partial charge in [-0.1, -0.05) is 17.9 Å². The van der Waals surface area contributed by atoms with Crippen LogP contribution in [-0.4, -0.2) is 19.5 Å². The Morgan fingerprint density at radius 2 is 2.27 bits per heavy atom. The zero-order valence-corrected chi connectivity index (χ0v) is 8.92. The van der Waals surface area contributed by atoms with Gasteiger partial charge in [-0.25, -0.2) is 0 Å². The van der Waals surface area contributed by atoms with Gasteiger partial charge >= 0.3 is 0 Å². The first-order chi connectivity index (χ1) is 7.22. The van der Waals surface area contributed by atoms with Gasteiger partial charge in [0.2, 0.25) is 5.91 Å². The molecular weight excluding hydrogens is 188 g/mol. The minimum Gasteiger partial charge on any atom is -0.326 e. The summed E-state index contributed by atoms with van der Waals surface area (Å²) in [5, 5.41) is 5.65. The third-order valence-corrected chi connectivity index (χ3v) is 1.68. The lowest BCUT2D eigenvalue weighted by Gasteiger charge is -2.01. The molecule has 78 valence electrons. The Balaban J connectivity index is 2.75. The van der Waals surface area contributed by atoms with Crippen molar-refractivity contribution in [2.75, 3.05) is 18.9 Å². The molecule has 0 heterocycles. The zero-order chi connectivity index (χ0) is 11.1. The van der Waals surface area contributed by atoms with Crippen LogP contribution in [0, 0.1) is 11.8 Å². The quantitative estimate of drug-likeness (QED) is 0.708. The monoisotopic (exact) mass is 202 g/mol. The minimum absolute atomic E-state index is 0.0738. The number of nitrogens with one attached hydrogen (secondary N) is 2. The van der Waals surface area contributed by atoms with Gasteiger partial charge in [-0.15, -0.1) is 0 Å². The molecule has 1 aromatic carbocycles. The molecule has 3 nitrogen and oxygen atoms in total. The molecule has 0 spiro atoms. The van der Waals surface area contributed by atoms with Crippen LogP contribution in [0.25, 0.3) is 0 Å². The summed E-state index contributed by atoms with van der Waals surface area (Å²) in [7, 11) is 1.85. The number of amides is 1. The fourth-order valence-electron chi connectivity index (χ4n) is 1.11. The highest BCUT2D eigenvalue weighted by Gasteiger charge is 1.94. The van der Waals surface area contributed by atoms with Crippen molar-refractivity contribution in [3.8, 4) is 11.8 Å². The smallest absolute Gasteiger partial charge is 0.221 e. The molecule has 0 aromatic heterocycles. The number of carbonyl (C=O) groups is 1. The Labute approximate surface area is 89.9 Å². The number of anilines is 1. The molecule has 0 aliphatic heterocycles. The highest BCUT2D eigenvalue weighted by molar-refractivity contribution is 5.88. The van der Waals surface area contributed by atoms with E-state index in [4.69, 9.17) is 0 Å². The first-order valence-electron chi connectivity index (χ1n) is 4.73. The van der Waals surface area contributed by atoms with E-state index in [0.717, 1.165) is 11.3 Å². The number of hydrogen-bond donors (Lipinski definition) is 2. The molecule has 3 heteroatoms. The molecule has 0 aliphatic rings. The molecule has 0 radical (unpaired) electrons. The summed E-state index contributed by atoms with van der Waals surface area (Å²) < 4.78 is 0. The molecule has 0 bridgehead atoms. The maximum atomic E-state index is 10.8. The van der Waals surface area contributed by atoms with Gasteiger partial charge in [-0.3, -0.25) is 4.79 Å². The molecule has 0 aliphatic carbocycles. The van der Waals surface area contributed by atoms with E-state index >= 15 is 0 Å². The van der Waals surface area contributed by atoms with Crippen molar-refractivity contribution >= 4 is 11.6 Å². The van der Waals surface area contributed by atoms with Crippen LogP contribution in [0.1, 0.15) is 12.5 Å². The fourth-order valence-corrected chi connectivity index (χ4v) is 1.11. The van der Waals surface area contributed by atoms with Crippen LogP contribution in [0.4, 0.5) is 5.69 Å². The van der Waals surface area contributed by atoms with E-state index in [-0.39, 0.29) is 5.91 Å². The predicted molar refractivity (Wildman–Crippen MR) is 61.6 cm³/mol. The predicted octanol–water partition coefficient (Wildman–Crippen LogP) is 1.22. The average Bonchev–Trinajstić information content (AvgIpc) is 2.18. The normalized spacial score (nSPS) is 8.93. The second-order valence-electron chi connectivity index (χ2n) is 3.09. The van der Waals surface area contributed by atoms with Crippen LogP contribution >= 0.6 is 0 Å². The van der Waals surface area contributed by atoms with Crippen LogP contribution in [0.5, 0.6) is 0 Å². The Hall–Kier alpha value is -1.79. The van der Waals surface area contributed by atoms with Gasteiger partial charge < -0.3 is 10.6 Å². The highest BCUT2D eigenvalue weighted by Crippen LogP contribution is 2.09. The van der Waals surface area contributed by atoms with Crippen LogP contribution in [0.2, 0.25) is 0 Å². The lowest BCUT2D eigenvalue weighted by molar-refractivity contribution is -0.114. The zero-order valence-electron chi connectivity index (χ0n) is 8.92. The molecule has 0 atom stereocenters. The van der Waals surface area contributed by atoms with Crippen molar-refractivity contribution in [1.82, 2.24) is 5.32 Å². The summed E-state index contributed by atoms with van der Waals surface area (Å²) >= 11 is 0. The summed E-state index contributed by atoms with van der Waals surface area (Å²) in [6, 6.07) is 7.47. The molecule has 0 unspecified atom stereocenters. The molecule has 1 aromatic rings. The van der Waals surface area contributed by atoms with Crippen LogP contribution in [0.15, 0.2) is 24.3 Å². The van der Waals surface area contributed by atoms with E-state index < -0.39 is 0 Å². The first-order valence-corrected chi connectivity index (χ1v) is 4.73. The molecule has 1 amide bonds. The molecule has 0 fully saturated rings. The van der Waals surface area contributed by atoms with Gasteiger partial charge in [-0.2, -0.15) is 0 Å². The SMILES string of the molecule is CNCC#Cc1cccc(NC(C)=O)c1. The van der Waals surface area contributed by atoms with E-state index in [1.165, 1.54) is 6.92 Å². The number of carbonyl (C=O) groups excluding carboxylic acids is 1. The van der Waals surface area contributed by atoms with Crippen molar-refractivity contribution in [2.45, 2.75) is 6.92 Å². The van der Waals surface area contributed by atoms with Gasteiger partial charge in [-0.05, 0) is 25.2 Å². The van der Waals surface area contributed by atoms with E-state index in [9.17, 15) is 4.79 Å². The number of rotatable bonds is 2. The summed E-state index contributed by atoms with van der Waals surface area (Å²) in [5.74, 6) is 5.88. The van der Waals surface area contributed by atoms with E-state index in [1.807, 2.05) is 31.3 Å². The Kier molecular flexibility index (Phi) is 4.39. The van der Waals surface area contributed by atoms with Gasteiger partial charge in [0.25, 0.3) is 0 Å². The third kappa shape index (κ3) is 4.30. The van der Waals surface area contributed by atoms with Crippen LogP contribution in [-0.2, 0) is 4.79 Å². The summed E-state index contributed by atoms with van der Waals surface area (Å²) in [5.41, 5.74) is 1.68. The van der Waals surface area contributed by atoms with Crippen LogP contribution < -0.4 is 10.6 Å². The van der Waals surface area contributed by atoms with Crippen molar-refractivity contribution < 1.29 is 4.79 Å².